The third-order valence-electron chi connectivity index (χ3n) is 13.8. The summed E-state index contributed by atoms with van der Waals surface area (Å²) in [5.41, 5.74) is 0.266. The number of carbonyl (C=O) groups is 4. The number of aromatic nitrogens is 1. The lowest BCUT2D eigenvalue weighted by Crippen LogP contribution is -2.66. The first kappa shape index (κ1) is 57.0. The second-order valence-corrected chi connectivity index (χ2v) is 19.8. The Balaban J connectivity index is 1.44. The summed E-state index contributed by atoms with van der Waals surface area (Å²) in [4.78, 5) is 60.5. The zero-order valence-electron chi connectivity index (χ0n) is 42.7. The molecule has 3 aliphatic rings. The molecule has 0 amide bonds. The molecule has 5 unspecified atom stereocenters. The fraction of sp³-hybridized carbons (Fsp3) is 0.712. The van der Waals surface area contributed by atoms with Crippen LogP contribution in [0.3, 0.4) is 0 Å². The molecule has 0 saturated carbocycles. The van der Waals surface area contributed by atoms with Gasteiger partial charge >= 0.3 is 17.9 Å². The van der Waals surface area contributed by atoms with E-state index in [2.05, 4.69) is 4.98 Å². The number of β-amino-alcohol motifs (C(OH)–C–C–N with tert-alkyl or cyclic N) is 1. The second-order valence-electron chi connectivity index (χ2n) is 19.8. The van der Waals surface area contributed by atoms with Crippen molar-refractivity contribution in [1.29, 1.82) is 0 Å². The average Bonchev–Trinajstić information content (AvgIpc) is 3.30. The molecule has 1 aromatic heterocycles. The Morgan fingerprint density at radius 2 is 1.70 bits per heavy atom. The first-order chi connectivity index (χ1) is 33.3. The number of nitrogens with zero attached hydrogens (tertiary/aromatic N) is 3. The topological polar surface area (TPSA) is 222 Å². The Morgan fingerprint density at radius 1 is 0.986 bits per heavy atom. The number of pyridine rings is 1. The SMILES string of the molecule is CCC(=O)O[C@@H]1CC(=O)O[C@@H](C/C=C/c2cnc3ccccc3c2)CCCN(C)C[C@H](O)[C@H](C)C[C@H](CC=O)[C@H](O[C@@H]2OC(C)[C@H](O[C@H]3CC(C)(O)[C@@H](OC(=O)CC)C(C)O3)C(N(C)C)C2O)[C@H]1OC. The number of cyclic esters (lactones) is 1. The fourth-order valence-electron chi connectivity index (χ4n) is 9.97. The van der Waals surface area contributed by atoms with E-state index < -0.39 is 116 Å². The normalized spacial score (nSPS) is 35.6. The summed E-state index contributed by atoms with van der Waals surface area (Å²) in [6.45, 7) is 11.1. The Morgan fingerprint density at radius 3 is 2.37 bits per heavy atom. The van der Waals surface area contributed by atoms with E-state index in [0.29, 0.717) is 32.4 Å². The van der Waals surface area contributed by atoms with Crippen LogP contribution in [0, 0.1) is 11.8 Å². The van der Waals surface area contributed by atoms with Crippen LogP contribution in [0.25, 0.3) is 17.0 Å². The smallest absolute Gasteiger partial charge is 0.309 e. The molecule has 0 spiro atoms. The monoisotopic (exact) mass is 986 g/mol. The van der Waals surface area contributed by atoms with Gasteiger partial charge in [-0.3, -0.25) is 19.4 Å². The first-order valence-corrected chi connectivity index (χ1v) is 24.9. The molecule has 70 heavy (non-hydrogen) atoms. The molecule has 3 N–H and O–H groups in total. The molecule has 0 radical (unpaired) electrons. The van der Waals surface area contributed by atoms with Gasteiger partial charge in [0.15, 0.2) is 18.7 Å². The summed E-state index contributed by atoms with van der Waals surface area (Å²) in [6.07, 6.45) is -4.34. The van der Waals surface area contributed by atoms with Crippen LogP contribution in [0.5, 0.6) is 0 Å². The van der Waals surface area contributed by atoms with Crippen LogP contribution < -0.4 is 0 Å². The number of aldehydes is 1. The molecule has 4 heterocycles. The molecule has 392 valence electrons. The van der Waals surface area contributed by atoms with Gasteiger partial charge < -0.3 is 67.8 Å². The maximum Gasteiger partial charge on any atom is 0.309 e. The maximum absolute atomic E-state index is 14.1. The van der Waals surface area contributed by atoms with E-state index in [4.69, 9.17) is 37.9 Å². The van der Waals surface area contributed by atoms with E-state index in [1.807, 2.05) is 61.4 Å². The molecule has 5 rings (SSSR count). The highest BCUT2D eigenvalue weighted by atomic mass is 16.7. The molecule has 3 aliphatic heterocycles. The first-order valence-electron chi connectivity index (χ1n) is 24.9. The summed E-state index contributed by atoms with van der Waals surface area (Å²) in [5.74, 6) is -2.81. The van der Waals surface area contributed by atoms with Gasteiger partial charge in [-0.2, -0.15) is 0 Å². The van der Waals surface area contributed by atoms with Crippen molar-refractivity contribution in [2.75, 3.05) is 41.3 Å². The standard InChI is InChI=1S/C52H79N3O15/c1-11-41(58)67-40-27-43(60)66-37(19-15-17-34-26-35-18-13-14-21-38(35)53-29-34)20-16-23-55(9)30-39(57)31(3)25-36(22-24-56)48(49(40)63-10)70-51-46(61)45(54(7)8)47(32(4)65-51)69-44-28-52(6,62)50(33(5)64-44)68-42(59)12-2/h13-15,17-18,21,24,26,29,31-33,36-37,39-40,44-51,57,61-62H,11-12,16,19-20,22-23,25,27-28,30H2,1-10H3/b17-15+/t31-,32?,33?,36+,37+,39+,40-,44+,45?,46?,47+,48+,49+,50+,51+,52?/m1/s1. The third-order valence-corrected chi connectivity index (χ3v) is 13.8. The summed E-state index contributed by atoms with van der Waals surface area (Å²) >= 11 is 0. The van der Waals surface area contributed by atoms with Gasteiger partial charge in [0.1, 0.15) is 42.4 Å². The number of aliphatic hydroxyl groups is 3. The van der Waals surface area contributed by atoms with E-state index in [1.165, 1.54) is 7.11 Å². The van der Waals surface area contributed by atoms with Crippen molar-refractivity contribution >= 4 is 41.2 Å². The molecule has 3 saturated heterocycles. The highest BCUT2D eigenvalue weighted by molar-refractivity contribution is 5.80. The third kappa shape index (κ3) is 15.5. The van der Waals surface area contributed by atoms with Crippen molar-refractivity contribution in [1.82, 2.24) is 14.8 Å². The van der Waals surface area contributed by atoms with Crippen molar-refractivity contribution in [3.8, 4) is 0 Å². The Hall–Kier alpha value is -3.95. The molecular formula is C52H79N3O15. The number of para-hydroxylation sites is 1. The van der Waals surface area contributed by atoms with E-state index >= 15 is 0 Å². The maximum atomic E-state index is 14.1. The average molecular weight is 986 g/mol. The van der Waals surface area contributed by atoms with Crippen LogP contribution in [0.4, 0.5) is 0 Å². The lowest BCUT2D eigenvalue weighted by Gasteiger charge is -2.50. The van der Waals surface area contributed by atoms with Gasteiger partial charge in [-0.25, -0.2) is 0 Å². The largest absolute Gasteiger partial charge is 0.462 e. The highest BCUT2D eigenvalue weighted by Crippen LogP contribution is 2.38. The number of hydrogen-bond donors (Lipinski definition) is 3. The zero-order valence-corrected chi connectivity index (χ0v) is 42.7. The molecule has 2 aromatic rings. The number of methoxy groups -OCH3 is 1. The number of fused-ring (bicyclic) bond motifs is 1. The molecule has 16 atom stereocenters. The van der Waals surface area contributed by atoms with Crippen molar-refractivity contribution in [2.45, 2.75) is 185 Å². The Bertz CT molecular complexity index is 2020. The number of aliphatic hydroxyl groups excluding tert-OH is 2. The minimum Gasteiger partial charge on any atom is -0.462 e. The van der Waals surface area contributed by atoms with Crippen molar-refractivity contribution in [3.63, 3.8) is 0 Å². The van der Waals surface area contributed by atoms with E-state index in [1.54, 1.807) is 59.8 Å². The Labute approximate surface area is 413 Å². The quantitative estimate of drug-likeness (QED) is 0.126. The van der Waals surface area contributed by atoms with Crippen LogP contribution in [0.15, 0.2) is 42.6 Å². The van der Waals surface area contributed by atoms with Crippen molar-refractivity contribution in [3.05, 3.63) is 48.2 Å². The van der Waals surface area contributed by atoms with Gasteiger partial charge in [0, 0.05) is 57.3 Å². The number of likely N-dealkylation sites (N-methyl/N-ethyl adjacent to an activating group) is 2. The van der Waals surface area contributed by atoms with E-state index in [-0.39, 0.29) is 38.0 Å². The highest BCUT2D eigenvalue weighted by Gasteiger charge is 2.53. The molecule has 3 fully saturated rings. The van der Waals surface area contributed by atoms with Gasteiger partial charge in [-0.05, 0) is 97.3 Å². The molecule has 0 bridgehead atoms. The van der Waals surface area contributed by atoms with Crippen LogP contribution in [-0.2, 0) is 57.1 Å². The zero-order chi connectivity index (χ0) is 51.3. The molecule has 1 aromatic carbocycles. The lowest BCUT2D eigenvalue weighted by molar-refractivity contribution is -0.344. The van der Waals surface area contributed by atoms with Crippen LogP contribution >= 0.6 is 0 Å². The lowest BCUT2D eigenvalue weighted by atomic mass is 9.82. The predicted molar refractivity (Wildman–Crippen MR) is 259 cm³/mol. The minimum atomic E-state index is -1.50. The number of carbonyl (C=O) groups excluding carboxylic acids is 4. The molecule has 18 nitrogen and oxygen atoms in total. The number of esters is 3. The number of rotatable bonds is 15. The fourth-order valence-corrected chi connectivity index (χ4v) is 9.97. The van der Waals surface area contributed by atoms with Crippen molar-refractivity contribution < 1.29 is 72.4 Å². The number of hydrogen-bond acceptors (Lipinski definition) is 18. The van der Waals surface area contributed by atoms with Crippen LogP contribution in [0.1, 0.15) is 105 Å². The van der Waals surface area contributed by atoms with Crippen LogP contribution in [0.2, 0.25) is 0 Å². The van der Waals surface area contributed by atoms with Crippen LogP contribution in [-0.4, -0.2) is 181 Å². The number of ether oxygens (including phenoxy) is 8. The van der Waals surface area contributed by atoms with Crippen molar-refractivity contribution in [2.24, 2.45) is 11.8 Å². The summed E-state index contributed by atoms with van der Waals surface area (Å²) in [5, 5.41) is 36.3. The Kier molecular flexibility index (Phi) is 21.7. The molecule has 18 heteroatoms. The van der Waals surface area contributed by atoms with E-state index in [9.17, 15) is 34.5 Å². The number of benzene rings is 1. The van der Waals surface area contributed by atoms with E-state index in [0.717, 1.165) is 22.8 Å². The predicted octanol–water partition coefficient (Wildman–Crippen LogP) is 4.61. The molecule has 0 aliphatic carbocycles. The summed E-state index contributed by atoms with van der Waals surface area (Å²) in [7, 11) is 6.82. The summed E-state index contributed by atoms with van der Waals surface area (Å²) in [6, 6.07) is 9.07. The van der Waals surface area contributed by atoms with Gasteiger partial charge in [0.05, 0.1) is 42.4 Å². The van der Waals surface area contributed by atoms with Gasteiger partial charge in [0.2, 0.25) is 0 Å². The van der Waals surface area contributed by atoms with Gasteiger partial charge in [-0.1, -0.05) is 51.1 Å². The summed E-state index contributed by atoms with van der Waals surface area (Å²) < 4.78 is 49.8. The molecular weight excluding hydrogens is 907 g/mol. The second kappa shape index (κ2) is 26.7. The minimum absolute atomic E-state index is 0.0175. The van der Waals surface area contributed by atoms with Gasteiger partial charge in [0.25, 0.3) is 0 Å². The van der Waals surface area contributed by atoms with Gasteiger partial charge in [-0.15, -0.1) is 0 Å².